The van der Waals surface area contributed by atoms with Crippen LogP contribution < -0.4 is 0 Å². The van der Waals surface area contributed by atoms with Crippen molar-refractivity contribution < 1.29 is 0 Å². The third-order valence-electron chi connectivity index (χ3n) is 3.00. The van der Waals surface area contributed by atoms with Crippen LogP contribution in [-0.4, -0.2) is 0 Å². The zero-order chi connectivity index (χ0) is 11.3. The Balaban J connectivity index is 2.59. The van der Waals surface area contributed by atoms with E-state index in [0.717, 1.165) is 25.7 Å². The third-order valence-corrected chi connectivity index (χ3v) is 3.00. The molecule has 0 atom stereocenters. The molecule has 15 heavy (non-hydrogen) atoms. The van der Waals surface area contributed by atoms with Gasteiger partial charge in [-0.25, -0.2) is 0 Å². The molecule has 79 valence electrons. The van der Waals surface area contributed by atoms with Gasteiger partial charge in [0.15, 0.2) is 0 Å². The van der Waals surface area contributed by atoms with Gasteiger partial charge in [0, 0.05) is 6.42 Å². The van der Waals surface area contributed by atoms with Crippen molar-refractivity contribution in [2.45, 2.75) is 46.5 Å². The van der Waals surface area contributed by atoms with Crippen LogP contribution >= 0.6 is 0 Å². The molecule has 0 bridgehead atoms. The van der Waals surface area contributed by atoms with E-state index in [1.54, 1.807) is 0 Å². The third kappa shape index (κ3) is 3.44. The molecule has 0 unspecified atom stereocenters. The molecule has 0 aliphatic rings. The lowest BCUT2D eigenvalue weighted by atomic mass is 9.97. The minimum atomic E-state index is 0.795. The maximum Gasteiger partial charge on any atom is 0.00990 e. The molecule has 1 radical (unpaired) electrons. The van der Waals surface area contributed by atoms with Gasteiger partial charge in [-0.1, -0.05) is 18.1 Å². The van der Waals surface area contributed by atoms with E-state index in [4.69, 9.17) is 6.42 Å². The maximum atomic E-state index is 6.83. The van der Waals surface area contributed by atoms with Crippen molar-refractivity contribution in [3.63, 3.8) is 0 Å². The lowest BCUT2D eigenvalue weighted by Crippen LogP contribution is -1.92. The largest absolute Gasteiger partial charge is 0.0891 e. The molecule has 0 N–H and O–H groups in total. The average molecular weight is 199 g/mol. The van der Waals surface area contributed by atoms with Crippen LogP contribution in [0.1, 0.15) is 41.5 Å². The molecule has 0 fully saturated rings. The Morgan fingerprint density at radius 3 is 2.20 bits per heavy atom. The first-order valence-electron chi connectivity index (χ1n) is 5.61. The summed E-state index contributed by atoms with van der Waals surface area (Å²) in [5, 5.41) is 0. The normalized spacial score (nSPS) is 10.0. The molecule has 0 saturated heterocycles. The van der Waals surface area contributed by atoms with E-state index < -0.39 is 0 Å². The lowest BCUT2D eigenvalue weighted by molar-refractivity contribution is 0.755. The topological polar surface area (TPSA) is 0 Å². The minimum Gasteiger partial charge on any atom is -0.0891 e. The SMILES string of the molecule is [C]#CCCCCc1cc(C)c(C)c(C)c1. The summed E-state index contributed by atoms with van der Waals surface area (Å²) >= 11 is 0. The van der Waals surface area contributed by atoms with Crippen LogP contribution in [-0.2, 0) is 6.42 Å². The van der Waals surface area contributed by atoms with Crippen LogP contribution in [0.2, 0.25) is 0 Å². The van der Waals surface area contributed by atoms with Gasteiger partial charge in [0.05, 0.1) is 0 Å². The molecule has 0 aromatic heterocycles. The van der Waals surface area contributed by atoms with Gasteiger partial charge in [0.2, 0.25) is 0 Å². The Morgan fingerprint density at radius 2 is 1.67 bits per heavy atom. The van der Waals surface area contributed by atoms with Gasteiger partial charge in [-0.05, 0) is 68.7 Å². The summed E-state index contributed by atoms with van der Waals surface area (Å²) in [6.07, 6.45) is 11.0. The van der Waals surface area contributed by atoms with Gasteiger partial charge in [0.1, 0.15) is 0 Å². The number of hydrogen-bond donors (Lipinski definition) is 0. The van der Waals surface area contributed by atoms with Gasteiger partial charge in [-0.3, -0.25) is 0 Å². The number of benzene rings is 1. The van der Waals surface area contributed by atoms with Crippen LogP contribution in [0.15, 0.2) is 12.1 Å². The van der Waals surface area contributed by atoms with Gasteiger partial charge in [-0.15, -0.1) is 0 Å². The standard InChI is InChI=1S/C15H19/c1-5-6-7-8-9-15-10-12(2)14(4)13(3)11-15/h10-11H,6-9H2,2-4H3. The van der Waals surface area contributed by atoms with E-state index in [9.17, 15) is 0 Å². The van der Waals surface area contributed by atoms with E-state index >= 15 is 0 Å². The molecule has 0 aliphatic heterocycles. The summed E-state index contributed by atoms with van der Waals surface area (Å²) in [5.41, 5.74) is 5.62. The fourth-order valence-electron chi connectivity index (χ4n) is 1.81. The number of hydrogen-bond acceptors (Lipinski definition) is 0. The van der Waals surface area contributed by atoms with E-state index in [1.165, 1.54) is 22.3 Å². The minimum absolute atomic E-state index is 0.795. The predicted molar refractivity (Wildman–Crippen MR) is 65.3 cm³/mol. The zero-order valence-electron chi connectivity index (χ0n) is 9.98. The summed E-state index contributed by atoms with van der Waals surface area (Å²) in [5.74, 6) is 2.44. The van der Waals surface area contributed by atoms with Crippen LogP contribution in [0.4, 0.5) is 0 Å². The monoisotopic (exact) mass is 199 g/mol. The fraction of sp³-hybridized carbons (Fsp3) is 0.467. The average Bonchev–Trinajstić information content (AvgIpc) is 2.21. The fourth-order valence-corrected chi connectivity index (χ4v) is 1.81. The first-order valence-corrected chi connectivity index (χ1v) is 5.61. The molecule has 0 aliphatic carbocycles. The second-order valence-electron chi connectivity index (χ2n) is 4.24. The molecule has 0 spiro atoms. The highest BCUT2D eigenvalue weighted by atomic mass is 14.1. The van der Waals surface area contributed by atoms with Crippen molar-refractivity contribution in [3.8, 4) is 5.92 Å². The first kappa shape index (κ1) is 11.9. The van der Waals surface area contributed by atoms with Crippen LogP contribution in [0.5, 0.6) is 0 Å². The van der Waals surface area contributed by atoms with Crippen molar-refractivity contribution in [3.05, 3.63) is 40.8 Å². The van der Waals surface area contributed by atoms with E-state index in [2.05, 4.69) is 38.8 Å². The molecule has 1 rings (SSSR count). The van der Waals surface area contributed by atoms with Crippen molar-refractivity contribution in [2.24, 2.45) is 0 Å². The molecular formula is C15H19. The van der Waals surface area contributed by atoms with E-state index in [-0.39, 0.29) is 0 Å². The Morgan fingerprint density at radius 1 is 1.07 bits per heavy atom. The second-order valence-corrected chi connectivity index (χ2v) is 4.24. The van der Waals surface area contributed by atoms with Gasteiger partial charge in [0.25, 0.3) is 0 Å². The lowest BCUT2D eigenvalue weighted by Gasteiger charge is -2.08. The zero-order valence-corrected chi connectivity index (χ0v) is 9.98. The molecule has 0 saturated carbocycles. The highest BCUT2D eigenvalue weighted by molar-refractivity contribution is 5.36. The summed E-state index contributed by atoms with van der Waals surface area (Å²) in [4.78, 5) is 0. The van der Waals surface area contributed by atoms with Gasteiger partial charge >= 0.3 is 0 Å². The first-order chi connectivity index (χ1) is 7.15. The van der Waals surface area contributed by atoms with Crippen LogP contribution in [0, 0.1) is 33.1 Å². The van der Waals surface area contributed by atoms with Crippen molar-refractivity contribution in [2.75, 3.05) is 0 Å². The number of unbranched alkanes of at least 4 members (excludes halogenated alkanes) is 2. The Bertz CT molecular complexity index is 343. The molecule has 0 heteroatoms. The molecule has 0 amide bonds. The molecule has 0 heterocycles. The number of aryl methyl sites for hydroxylation is 3. The molecule has 1 aromatic rings. The van der Waals surface area contributed by atoms with Gasteiger partial charge in [-0.2, -0.15) is 0 Å². The Hall–Kier alpha value is -1.22. The van der Waals surface area contributed by atoms with E-state index in [1.807, 2.05) is 0 Å². The quantitative estimate of drug-likeness (QED) is 0.509. The van der Waals surface area contributed by atoms with Gasteiger partial charge < -0.3 is 0 Å². The summed E-state index contributed by atoms with van der Waals surface area (Å²) in [6.45, 7) is 6.53. The van der Waals surface area contributed by atoms with Crippen molar-refractivity contribution in [1.82, 2.24) is 0 Å². The molecular weight excluding hydrogens is 180 g/mol. The van der Waals surface area contributed by atoms with E-state index in [0.29, 0.717) is 0 Å². The summed E-state index contributed by atoms with van der Waals surface area (Å²) in [6, 6.07) is 4.58. The maximum absolute atomic E-state index is 6.83. The van der Waals surface area contributed by atoms with Crippen LogP contribution in [0.3, 0.4) is 0 Å². The predicted octanol–water partition coefficient (Wildman–Crippen LogP) is 3.91. The highest BCUT2D eigenvalue weighted by Gasteiger charge is 2.00. The van der Waals surface area contributed by atoms with Crippen LogP contribution in [0.25, 0.3) is 0 Å². The van der Waals surface area contributed by atoms with Crippen molar-refractivity contribution in [1.29, 1.82) is 0 Å². The highest BCUT2D eigenvalue weighted by Crippen LogP contribution is 2.17. The Labute approximate surface area is 93.7 Å². The summed E-state index contributed by atoms with van der Waals surface area (Å²) in [7, 11) is 0. The Kier molecular flexibility index (Phi) is 4.43. The van der Waals surface area contributed by atoms with Crippen molar-refractivity contribution >= 4 is 0 Å². The smallest absolute Gasteiger partial charge is 0.00990 e. The molecule has 1 aromatic carbocycles. The molecule has 0 nitrogen and oxygen atoms in total. The second kappa shape index (κ2) is 5.61. The number of rotatable bonds is 4. The summed E-state index contributed by atoms with van der Waals surface area (Å²) < 4.78 is 0.